The summed E-state index contributed by atoms with van der Waals surface area (Å²) in [5.74, 6) is -0.0823. The summed E-state index contributed by atoms with van der Waals surface area (Å²) in [4.78, 5) is 34.9. The molecule has 0 radical (unpaired) electrons. The zero-order valence-electron chi connectivity index (χ0n) is 21.1. The number of anilines is 1. The number of unbranched alkanes of at least 4 members (excludes halogenated alkanes) is 1. The average Bonchev–Trinajstić information content (AvgIpc) is 3.34. The summed E-state index contributed by atoms with van der Waals surface area (Å²) in [6.45, 7) is 7.84. The lowest BCUT2D eigenvalue weighted by Gasteiger charge is -2.36. The van der Waals surface area contributed by atoms with E-state index in [1.807, 2.05) is 6.20 Å². The molecule has 1 aromatic heterocycles. The van der Waals surface area contributed by atoms with Crippen LogP contribution in [0.1, 0.15) is 28.8 Å². The Morgan fingerprint density at radius 3 is 2.41 bits per heavy atom. The summed E-state index contributed by atoms with van der Waals surface area (Å²) in [5.41, 5.74) is 3.48. The van der Waals surface area contributed by atoms with Crippen molar-refractivity contribution in [1.82, 2.24) is 20.1 Å². The van der Waals surface area contributed by atoms with Gasteiger partial charge in [-0.3, -0.25) is 9.69 Å². The Hall–Kier alpha value is -3.56. The Kier molecular flexibility index (Phi) is 7.91. The number of benzene rings is 2. The number of carbonyl (C=O) groups excluding carboxylic acids is 1. The number of H-pyrrole nitrogens is 1. The third-order valence-corrected chi connectivity index (χ3v) is 7.37. The molecule has 0 aliphatic carbocycles. The third kappa shape index (κ3) is 5.89. The van der Waals surface area contributed by atoms with E-state index in [1.54, 1.807) is 17.0 Å². The van der Waals surface area contributed by atoms with Crippen LogP contribution >= 0.6 is 0 Å². The molecule has 0 spiro atoms. The van der Waals surface area contributed by atoms with Crippen LogP contribution in [0, 0.1) is 0 Å². The van der Waals surface area contributed by atoms with E-state index in [1.165, 1.54) is 5.69 Å². The highest BCUT2D eigenvalue weighted by atomic mass is 16.7. The maximum atomic E-state index is 13.5. The number of aromatic amines is 1. The highest BCUT2D eigenvalue weighted by Crippen LogP contribution is 2.33. The molecule has 0 unspecified atom stereocenters. The first kappa shape index (κ1) is 25.1. The van der Waals surface area contributed by atoms with Gasteiger partial charge in [-0.15, -0.1) is 0 Å². The Bertz CT molecular complexity index is 1210. The number of nitrogens with one attached hydrogen (secondary N) is 2. The number of rotatable bonds is 8. The smallest absolute Gasteiger partial charge is 0.449 e. The average molecular weight is 506 g/mol. The van der Waals surface area contributed by atoms with Gasteiger partial charge in [0.2, 0.25) is 0 Å². The van der Waals surface area contributed by atoms with Crippen LogP contribution in [0.3, 0.4) is 0 Å². The summed E-state index contributed by atoms with van der Waals surface area (Å²) in [6, 6.07) is 13.9. The largest absolute Gasteiger partial charge is 0.511 e. The van der Waals surface area contributed by atoms with Crippen molar-refractivity contribution >= 4 is 28.7 Å². The maximum absolute atomic E-state index is 13.5. The molecule has 0 bridgehead atoms. The van der Waals surface area contributed by atoms with Crippen LogP contribution in [0.2, 0.25) is 0 Å². The number of piperazine rings is 2. The second-order valence-electron chi connectivity index (χ2n) is 9.71. The molecule has 5 rings (SSSR count). The van der Waals surface area contributed by atoms with Crippen molar-refractivity contribution in [3.63, 3.8) is 0 Å². The molecule has 9 nitrogen and oxygen atoms in total. The number of nitrogens with zero attached hydrogens (tertiary/aromatic N) is 3. The first-order valence-corrected chi connectivity index (χ1v) is 13.2. The van der Waals surface area contributed by atoms with Gasteiger partial charge in [0.15, 0.2) is 0 Å². The third-order valence-electron chi connectivity index (χ3n) is 7.37. The predicted octanol–water partition coefficient (Wildman–Crippen LogP) is 3.42. The fourth-order valence-electron chi connectivity index (χ4n) is 5.41. The Balaban J connectivity index is 1.23. The number of hydrogen-bond acceptors (Lipinski definition) is 6. The van der Waals surface area contributed by atoms with Gasteiger partial charge in [-0.05, 0) is 55.6 Å². The molecule has 3 N–H and O–H groups in total. The quantitative estimate of drug-likeness (QED) is 0.245. The van der Waals surface area contributed by atoms with Gasteiger partial charge < -0.3 is 29.9 Å². The molecule has 3 aromatic rings. The van der Waals surface area contributed by atoms with E-state index in [0.29, 0.717) is 18.7 Å². The monoisotopic (exact) mass is 505 g/mol. The van der Waals surface area contributed by atoms with Gasteiger partial charge in [0.1, 0.15) is 5.75 Å². The van der Waals surface area contributed by atoms with E-state index < -0.39 is 6.16 Å². The Morgan fingerprint density at radius 1 is 0.919 bits per heavy atom. The molecule has 2 fully saturated rings. The highest BCUT2D eigenvalue weighted by Gasteiger charge is 2.27. The summed E-state index contributed by atoms with van der Waals surface area (Å²) in [6.07, 6.45) is 3.38. The molecular formula is C28H35N5O4. The van der Waals surface area contributed by atoms with E-state index in [-0.39, 0.29) is 11.7 Å². The van der Waals surface area contributed by atoms with Crippen LogP contribution in [0.4, 0.5) is 10.5 Å². The van der Waals surface area contributed by atoms with Crippen LogP contribution in [-0.2, 0) is 6.42 Å². The van der Waals surface area contributed by atoms with Gasteiger partial charge in [0, 0.05) is 75.1 Å². The molecule has 2 saturated heterocycles. The first-order valence-electron chi connectivity index (χ1n) is 13.2. The van der Waals surface area contributed by atoms with Gasteiger partial charge in [-0.2, -0.15) is 0 Å². The van der Waals surface area contributed by atoms with Crippen molar-refractivity contribution in [1.29, 1.82) is 0 Å². The van der Waals surface area contributed by atoms with Gasteiger partial charge in [-0.1, -0.05) is 18.2 Å². The number of aromatic nitrogens is 1. The minimum atomic E-state index is -1.42. The fraction of sp³-hybridized carbons (Fsp3) is 0.429. The number of para-hydroxylation sites is 1. The number of amides is 1. The number of carbonyl (C=O) groups is 2. The molecule has 2 aliphatic rings. The van der Waals surface area contributed by atoms with E-state index in [9.17, 15) is 14.7 Å². The molecule has 37 heavy (non-hydrogen) atoms. The molecule has 196 valence electrons. The van der Waals surface area contributed by atoms with E-state index in [0.717, 1.165) is 81.5 Å². The lowest BCUT2D eigenvalue weighted by molar-refractivity contribution is 0.0734. The lowest BCUT2D eigenvalue weighted by Crippen LogP contribution is -2.46. The zero-order valence-corrected chi connectivity index (χ0v) is 21.1. The zero-order chi connectivity index (χ0) is 25.6. The highest BCUT2D eigenvalue weighted by molar-refractivity contribution is 6.10. The molecule has 2 aliphatic heterocycles. The molecule has 1 amide bonds. The minimum Gasteiger partial charge on any atom is -0.449 e. The predicted molar refractivity (Wildman–Crippen MR) is 144 cm³/mol. The number of aryl methyl sites for hydroxylation is 1. The van der Waals surface area contributed by atoms with Crippen molar-refractivity contribution in [3.05, 3.63) is 59.8 Å². The Morgan fingerprint density at radius 2 is 1.68 bits per heavy atom. The molecule has 0 saturated carbocycles. The summed E-state index contributed by atoms with van der Waals surface area (Å²) in [5, 5.41) is 13.3. The van der Waals surface area contributed by atoms with Crippen LogP contribution in [-0.4, -0.2) is 90.9 Å². The molecule has 0 atom stereocenters. The normalized spacial score (nSPS) is 16.8. The van der Waals surface area contributed by atoms with Gasteiger partial charge in [0.25, 0.3) is 5.91 Å². The molecule has 3 heterocycles. The molecule has 9 heteroatoms. The SMILES string of the molecule is O=C(O)Oc1ccc2[nH]cc(CCCCN3CCN(c4ccccc4)CC3)c2c1C(=O)N1CCNCC1. The van der Waals surface area contributed by atoms with Crippen molar-refractivity contribution in [2.45, 2.75) is 19.3 Å². The number of ether oxygens (including phenoxy) is 1. The van der Waals surface area contributed by atoms with Crippen LogP contribution in [0.15, 0.2) is 48.7 Å². The lowest BCUT2D eigenvalue weighted by atomic mass is 10.00. The van der Waals surface area contributed by atoms with Crippen molar-refractivity contribution in [2.75, 3.05) is 63.8 Å². The summed E-state index contributed by atoms with van der Waals surface area (Å²) < 4.78 is 5.06. The summed E-state index contributed by atoms with van der Waals surface area (Å²) >= 11 is 0. The molecule has 2 aromatic carbocycles. The standard InChI is InChI=1S/C28H35N5O4/c34-27(33-14-11-29-12-15-33)26-24(37-28(35)36)10-9-23-25(26)21(20-30-23)6-4-5-13-31-16-18-32(19-17-31)22-7-2-1-3-8-22/h1-3,7-10,20,29-30H,4-6,11-19H2,(H,35,36). The second kappa shape index (κ2) is 11.7. The summed E-state index contributed by atoms with van der Waals surface area (Å²) in [7, 11) is 0. The van der Waals surface area contributed by atoms with E-state index in [4.69, 9.17) is 4.74 Å². The van der Waals surface area contributed by atoms with Gasteiger partial charge in [0.05, 0.1) is 5.56 Å². The van der Waals surface area contributed by atoms with Gasteiger partial charge >= 0.3 is 6.16 Å². The topological polar surface area (TPSA) is 101 Å². The van der Waals surface area contributed by atoms with E-state index >= 15 is 0 Å². The number of hydrogen-bond donors (Lipinski definition) is 3. The maximum Gasteiger partial charge on any atom is 0.511 e. The van der Waals surface area contributed by atoms with Gasteiger partial charge in [-0.25, -0.2) is 4.79 Å². The fourth-order valence-corrected chi connectivity index (χ4v) is 5.41. The van der Waals surface area contributed by atoms with Crippen LogP contribution < -0.4 is 15.0 Å². The number of fused-ring (bicyclic) bond motifs is 1. The van der Waals surface area contributed by atoms with Crippen LogP contribution in [0.25, 0.3) is 10.9 Å². The first-order chi connectivity index (χ1) is 18.1. The van der Waals surface area contributed by atoms with Crippen molar-refractivity contribution in [2.24, 2.45) is 0 Å². The molecular weight excluding hydrogens is 470 g/mol. The minimum absolute atomic E-state index is 0.0978. The van der Waals surface area contributed by atoms with Crippen LogP contribution in [0.5, 0.6) is 5.75 Å². The second-order valence-corrected chi connectivity index (χ2v) is 9.71. The van der Waals surface area contributed by atoms with Crippen molar-refractivity contribution < 1.29 is 19.4 Å². The Labute approximate surface area is 217 Å². The van der Waals surface area contributed by atoms with Crippen molar-refractivity contribution in [3.8, 4) is 5.75 Å². The van der Waals surface area contributed by atoms with E-state index in [2.05, 4.69) is 50.4 Å². The number of carboxylic acid groups (broad SMARTS) is 1.